The monoisotopic (exact) mass is 277 g/mol. The van der Waals surface area contributed by atoms with Crippen molar-refractivity contribution in [3.8, 4) is 11.8 Å². The number of benzene rings is 1. The third kappa shape index (κ3) is 2.46. The van der Waals surface area contributed by atoms with Gasteiger partial charge in [0, 0.05) is 11.1 Å². The van der Waals surface area contributed by atoms with Crippen molar-refractivity contribution < 1.29 is 4.74 Å². The number of pyridine rings is 1. The SMILES string of the molecule is CC1(C)C=C(c2ccc(N)cn2)c2cc(C#N)ccc2O1. The quantitative estimate of drug-likeness (QED) is 0.869. The molecule has 0 spiro atoms. The molecule has 1 aliphatic rings. The molecule has 21 heavy (non-hydrogen) atoms. The Kier molecular flexibility index (Phi) is 2.91. The molecule has 104 valence electrons. The fourth-order valence-corrected chi connectivity index (χ4v) is 2.41. The highest BCUT2D eigenvalue weighted by Gasteiger charge is 2.27. The van der Waals surface area contributed by atoms with Crippen molar-refractivity contribution >= 4 is 11.3 Å². The lowest BCUT2D eigenvalue weighted by Gasteiger charge is -2.31. The zero-order valence-corrected chi connectivity index (χ0v) is 11.9. The third-order valence-electron chi connectivity index (χ3n) is 3.33. The van der Waals surface area contributed by atoms with Crippen molar-refractivity contribution in [2.24, 2.45) is 0 Å². The molecule has 2 aromatic rings. The molecule has 0 saturated heterocycles. The molecule has 0 radical (unpaired) electrons. The first kappa shape index (κ1) is 13.2. The Bertz CT molecular complexity index is 768. The van der Waals surface area contributed by atoms with Crippen molar-refractivity contribution in [1.82, 2.24) is 4.98 Å². The first-order valence-electron chi connectivity index (χ1n) is 6.67. The minimum absolute atomic E-state index is 0.431. The first-order valence-corrected chi connectivity index (χ1v) is 6.67. The Labute approximate surface area is 123 Å². The molecule has 2 N–H and O–H groups in total. The van der Waals surface area contributed by atoms with Gasteiger partial charge in [-0.05, 0) is 50.3 Å². The minimum Gasteiger partial charge on any atom is -0.483 e. The van der Waals surface area contributed by atoms with Gasteiger partial charge in [0.2, 0.25) is 0 Å². The molecule has 3 rings (SSSR count). The fourth-order valence-electron chi connectivity index (χ4n) is 2.41. The van der Waals surface area contributed by atoms with E-state index in [2.05, 4.69) is 11.1 Å². The Hall–Kier alpha value is -2.80. The Balaban J connectivity index is 2.20. The van der Waals surface area contributed by atoms with Gasteiger partial charge in [-0.2, -0.15) is 5.26 Å². The maximum absolute atomic E-state index is 9.09. The largest absolute Gasteiger partial charge is 0.483 e. The van der Waals surface area contributed by atoms with E-state index in [9.17, 15) is 0 Å². The second kappa shape index (κ2) is 4.64. The topological polar surface area (TPSA) is 71.9 Å². The number of ether oxygens (including phenoxy) is 1. The van der Waals surface area contributed by atoms with E-state index in [-0.39, 0.29) is 0 Å². The zero-order valence-electron chi connectivity index (χ0n) is 11.9. The van der Waals surface area contributed by atoms with Crippen LogP contribution >= 0.6 is 0 Å². The second-order valence-electron chi connectivity index (χ2n) is 5.56. The molecule has 1 aliphatic heterocycles. The summed E-state index contributed by atoms with van der Waals surface area (Å²) in [6, 6.07) is 11.3. The van der Waals surface area contributed by atoms with Gasteiger partial charge in [-0.25, -0.2) is 0 Å². The predicted molar refractivity (Wildman–Crippen MR) is 81.6 cm³/mol. The Morgan fingerprint density at radius 2 is 2.05 bits per heavy atom. The van der Waals surface area contributed by atoms with Gasteiger partial charge in [-0.1, -0.05) is 0 Å². The van der Waals surface area contributed by atoms with Crippen LogP contribution in [-0.4, -0.2) is 10.6 Å². The summed E-state index contributed by atoms with van der Waals surface area (Å²) in [7, 11) is 0. The van der Waals surface area contributed by atoms with Gasteiger partial charge in [0.25, 0.3) is 0 Å². The van der Waals surface area contributed by atoms with Crippen LogP contribution in [0.2, 0.25) is 0 Å². The van der Waals surface area contributed by atoms with Crippen LogP contribution in [0.1, 0.15) is 30.7 Å². The number of nitrogen functional groups attached to an aromatic ring is 1. The molecule has 4 heteroatoms. The van der Waals surface area contributed by atoms with Crippen molar-refractivity contribution in [2.45, 2.75) is 19.4 Å². The van der Waals surface area contributed by atoms with E-state index in [1.807, 2.05) is 44.2 Å². The van der Waals surface area contributed by atoms with E-state index in [0.717, 1.165) is 22.6 Å². The average Bonchev–Trinajstić information content (AvgIpc) is 2.46. The van der Waals surface area contributed by atoms with Crippen LogP contribution in [0.25, 0.3) is 5.57 Å². The number of aromatic nitrogens is 1. The summed E-state index contributed by atoms with van der Waals surface area (Å²) >= 11 is 0. The molecule has 4 nitrogen and oxygen atoms in total. The van der Waals surface area contributed by atoms with E-state index < -0.39 is 5.60 Å². The number of fused-ring (bicyclic) bond motifs is 1. The number of nitriles is 1. The van der Waals surface area contributed by atoms with E-state index in [0.29, 0.717) is 11.3 Å². The normalized spacial score (nSPS) is 15.4. The maximum atomic E-state index is 9.09. The highest BCUT2D eigenvalue weighted by molar-refractivity contribution is 5.84. The molecule has 0 aliphatic carbocycles. The van der Waals surface area contributed by atoms with Gasteiger partial charge in [-0.15, -0.1) is 0 Å². The summed E-state index contributed by atoms with van der Waals surface area (Å²) in [5.74, 6) is 0.759. The number of nitrogens with zero attached hydrogens (tertiary/aromatic N) is 2. The Morgan fingerprint density at radius 3 is 2.71 bits per heavy atom. The van der Waals surface area contributed by atoms with Gasteiger partial charge in [0.15, 0.2) is 0 Å². The van der Waals surface area contributed by atoms with E-state index in [1.165, 1.54) is 0 Å². The highest BCUT2D eigenvalue weighted by atomic mass is 16.5. The van der Waals surface area contributed by atoms with Crippen LogP contribution < -0.4 is 10.5 Å². The number of hydrogen-bond donors (Lipinski definition) is 1. The van der Waals surface area contributed by atoms with Gasteiger partial charge in [0.05, 0.1) is 29.2 Å². The van der Waals surface area contributed by atoms with Crippen LogP contribution in [0, 0.1) is 11.3 Å². The minimum atomic E-state index is -0.431. The maximum Gasteiger partial charge on any atom is 0.128 e. The van der Waals surface area contributed by atoms with Crippen molar-refractivity contribution in [3.63, 3.8) is 0 Å². The number of anilines is 1. The molecule has 0 atom stereocenters. The second-order valence-corrected chi connectivity index (χ2v) is 5.56. The smallest absolute Gasteiger partial charge is 0.128 e. The van der Waals surface area contributed by atoms with Crippen LogP contribution in [0.3, 0.4) is 0 Å². The fraction of sp³-hybridized carbons (Fsp3) is 0.176. The molecule has 0 fully saturated rings. The van der Waals surface area contributed by atoms with E-state index >= 15 is 0 Å². The van der Waals surface area contributed by atoms with E-state index in [1.54, 1.807) is 12.3 Å². The lowest BCUT2D eigenvalue weighted by atomic mass is 9.91. The number of nitrogens with two attached hydrogens (primary N) is 1. The highest BCUT2D eigenvalue weighted by Crippen LogP contribution is 2.39. The predicted octanol–water partition coefficient (Wildman–Crippen LogP) is 3.14. The molecule has 0 bridgehead atoms. The van der Waals surface area contributed by atoms with Gasteiger partial charge >= 0.3 is 0 Å². The van der Waals surface area contributed by atoms with Gasteiger partial charge < -0.3 is 10.5 Å². The lowest BCUT2D eigenvalue weighted by molar-refractivity contribution is 0.158. The van der Waals surface area contributed by atoms with Crippen molar-refractivity contribution in [3.05, 3.63) is 59.4 Å². The molecule has 2 heterocycles. The van der Waals surface area contributed by atoms with Crippen LogP contribution in [0.5, 0.6) is 5.75 Å². The van der Waals surface area contributed by atoms with Crippen molar-refractivity contribution in [2.75, 3.05) is 5.73 Å². The first-order chi connectivity index (χ1) is 9.98. The van der Waals surface area contributed by atoms with Crippen molar-refractivity contribution in [1.29, 1.82) is 5.26 Å². The molecular formula is C17H15N3O. The molecular weight excluding hydrogens is 262 g/mol. The molecule has 0 saturated carbocycles. The molecule has 0 amide bonds. The average molecular weight is 277 g/mol. The molecule has 1 aromatic heterocycles. The summed E-state index contributed by atoms with van der Waals surface area (Å²) in [6.45, 7) is 3.98. The molecule has 1 aromatic carbocycles. The van der Waals surface area contributed by atoms with Gasteiger partial charge in [0.1, 0.15) is 11.4 Å². The van der Waals surface area contributed by atoms with Crippen LogP contribution in [-0.2, 0) is 0 Å². The summed E-state index contributed by atoms with van der Waals surface area (Å²) in [5.41, 5.74) is 9.14. The van der Waals surface area contributed by atoms with Gasteiger partial charge in [-0.3, -0.25) is 4.98 Å². The summed E-state index contributed by atoms with van der Waals surface area (Å²) in [6.07, 6.45) is 3.65. The number of rotatable bonds is 1. The standard InChI is InChI=1S/C17H15N3O/c1-17(2)8-14(15-5-4-12(19)10-20-15)13-7-11(9-18)3-6-16(13)21-17/h3-8,10H,19H2,1-2H3. The number of hydrogen-bond acceptors (Lipinski definition) is 4. The summed E-state index contributed by atoms with van der Waals surface area (Å²) in [5, 5.41) is 9.09. The van der Waals surface area contributed by atoms with Crippen LogP contribution in [0.15, 0.2) is 42.6 Å². The lowest BCUT2D eigenvalue weighted by Crippen LogP contribution is -2.29. The third-order valence-corrected chi connectivity index (χ3v) is 3.33. The summed E-state index contributed by atoms with van der Waals surface area (Å²) in [4.78, 5) is 4.39. The van der Waals surface area contributed by atoms with E-state index in [4.69, 9.17) is 15.7 Å². The zero-order chi connectivity index (χ0) is 15.0. The summed E-state index contributed by atoms with van der Waals surface area (Å²) < 4.78 is 5.96. The molecule has 0 unspecified atom stereocenters. The Morgan fingerprint density at radius 1 is 1.24 bits per heavy atom. The van der Waals surface area contributed by atoms with Crippen LogP contribution in [0.4, 0.5) is 5.69 Å².